The quantitative estimate of drug-likeness (QED) is 0.606. The van der Waals surface area contributed by atoms with E-state index < -0.39 is 17.2 Å². The Bertz CT molecular complexity index is 478. The van der Waals surface area contributed by atoms with Crippen LogP contribution in [0.15, 0.2) is 30.4 Å². The molecule has 0 bridgehead atoms. The number of halogens is 1. The zero-order valence-corrected chi connectivity index (χ0v) is 11.7. The molecular formula is C15H19FO3. The number of esters is 1. The van der Waals surface area contributed by atoms with Crippen LogP contribution in [-0.2, 0) is 14.9 Å². The molecule has 4 heteroatoms. The van der Waals surface area contributed by atoms with E-state index in [0.29, 0.717) is 12.2 Å². The second kappa shape index (κ2) is 6.36. The van der Waals surface area contributed by atoms with Crippen LogP contribution in [0.2, 0.25) is 0 Å². The third-order valence-corrected chi connectivity index (χ3v) is 2.79. The molecule has 104 valence electrons. The number of allylic oxidation sites excluding steroid dienone is 1. The highest BCUT2D eigenvalue weighted by atomic mass is 19.1. The van der Waals surface area contributed by atoms with Crippen molar-refractivity contribution in [2.24, 2.45) is 0 Å². The second-order valence-electron chi connectivity index (χ2n) is 4.63. The predicted molar refractivity (Wildman–Crippen MR) is 71.8 cm³/mol. The van der Waals surface area contributed by atoms with E-state index in [0.717, 1.165) is 0 Å². The summed E-state index contributed by atoms with van der Waals surface area (Å²) in [4.78, 5) is 11.3. The lowest BCUT2D eigenvalue weighted by Gasteiger charge is -2.23. The molecule has 0 radical (unpaired) electrons. The second-order valence-corrected chi connectivity index (χ2v) is 4.63. The van der Waals surface area contributed by atoms with Crippen LogP contribution in [0.4, 0.5) is 4.39 Å². The first-order chi connectivity index (χ1) is 8.92. The van der Waals surface area contributed by atoms with E-state index in [4.69, 9.17) is 9.47 Å². The van der Waals surface area contributed by atoms with Gasteiger partial charge in [-0.25, -0.2) is 9.18 Å². The fraction of sp³-hybridized carbons (Fsp3) is 0.400. The van der Waals surface area contributed by atoms with Gasteiger partial charge >= 0.3 is 5.97 Å². The lowest BCUT2D eigenvalue weighted by atomic mass is 9.83. The molecule has 0 saturated carbocycles. The summed E-state index contributed by atoms with van der Waals surface area (Å²) >= 11 is 0. The minimum atomic E-state index is -0.541. The van der Waals surface area contributed by atoms with Crippen LogP contribution in [0, 0.1) is 5.82 Å². The van der Waals surface area contributed by atoms with Crippen molar-refractivity contribution in [2.45, 2.75) is 26.2 Å². The van der Waals surface area contributed by atoms with Crippen LogP contribution < -0.4 is 4.74 Å². The minimum absolute atomic E-state index is 0.195. The van der Waals surface area contributed by atoms with E-state index >= 15 is 0 Å². The highest BCUT2D eigenvalue weighted by Gasteiger charge is 2.23. The smallest absolute Gasteiger partial charge is 0.330 e. The molecule has 0 aliphatic heterocycles. The minimum Gasteiger partial charge on any atom is -0.493 e. The SMILES string of the molecule is CCOC(=O)C=CC(C)(C)c1cccc(F)c1OC. The Morgan fingerprint density at radius 1 is 1.42 bits per heavy atom. The maximum absolute atomic E-state index is 13.7. The highest BCUT2D eigenvalue weighted by molar-refractivity contribution is 5.82. The fourth-order valence-electron chi connectivity index (χ4n) is 1.78. The van der Waals surface area contributed by atoms with Gasteiger partial charge in [-0.15, -0.1) is 0 Å². The van der Waals surface area contributed by atoms with Gasteiger partial charge in [-0.05, 0) is 13.0 Å². The number of hydrogen-bond acceptors (Lipinski definition) is 3. The van der Waals surface area contributed by atoms with Crippen molar-refractivity contribution in [1.29, 1.82) is 0 Å². The molecule has 0 N–H and O–H groups in total. The van der Waals surface area contributed by atoms with Crippen LogP contribution in [0.25, 0.3) is 0 Å². The number of carbonyl (C=O) groups is 1. The molecule has 1 aromatic rings. The van der Waals surface area contributed by atoms with Gasteiger partial charge in [0.1, 0.15) is 0 Å². The summed E-state index contributed by atoms with van der Waals surface area (Å²) in [6, 6.07) is 4.73. The molecule has 0 fully saturated rings. The third-order valence-electron chi connectivity index (χ3n) is 2.79. The molecule has 0 aromatic heterocycles. The number of hydrogen-bond donors (Lipinski definition) is 0. The van der Waals surface area contributed by atoms with Crippen LogP contribution in [0.5, 0.6) is 5.75 Å². The van der Waals surface area contributed by atoms with Gasteiger partial charge in [-0.1, -0.05) is 32.1 Å². The first-order valence-electron chi connectivity index (χ1n) is 6.11. The number of rotatable bonds is 5. The first-order valence-corrected chi connectivity index (χ1v) is 6.11. The third kappa shape index (κ3) is 3.81. The summed E-state index contributed by atoms with van der Waals surface area (Å²) < 4.78 is 23.6. The Morgan fingerprint density at radius 3 is 2.68 bits per heavy atom. The average molecular weight is 266 g/mol. The van der Waals surface area contributed by atoms with Crippen molar-refractivity contribution < 1.29 is 18.7 Å². The standard InChI is InChI=1S/C15H19FO3/c1-5-19-13(17)9-10-15(2,3)11-7-6-8-12(16)14(11)18-4/h6-10H,5H2,1-4H3. The highest BCUT2D eigenvalue weighted by Crippen LogP contribution is 2.34. The number of carbonyl (C=O) groups excluding carboxylic acids is 1. The summed E-state index contributed by atoms with van der Waals surface area (Å²) in [5, 5.41) is 0. The van der Waals surface area contributed by atoms with Crippen molar-refractivity contribution in [3.05, 3.63) is 41.7 Å². The zero-order valence-electron chi connectivity index (χ0n) is 11.7. The largest absolute Gasteiger partial charge is 0.493 e. The first kappa shape index (κ1) is 15.2. The molecule has 0 aliphatic rings. The number of para-hydroxylation sites is 1. The predicted octanol–water partition coefficient (Wildman–Crippen LogP) is 3.23. The van der Waals surface area contributed by atoms with Gasteiger partial charge in [0.2, 0.25) is 0 Å². The molecule has 0 atom stereocenters. The van der Waals surface area contributed by atoms with Crippen molar-refractivity contribution in [2.75, 3.05) is 13.7 Å². The molecule has 3 nitrogen and oxygen atoms in total. The van der Waals surface area contributed by atoms with E-state index in [2.05, 4.69) is 0 Å². The Labute approximate surface area is 113 Å². The van der Waals surface area contributed by atoms with E-state index in [1.807, 2.05) is 13.8 Å². The lowest BCUT2D eigenvalue weighted by Crippen LogP contribution is -2.16. The van der Waals surface area contributed by atoms with Crippen molar-refractivity contribution in [3.63, 3.8) is 0 Å². The van der Waals surface area contributed by atoms with Crippen molar-refractivity contribution in [3.8, 4) is 5.75 Å². The summed E-state index contributed by atoms with van der Waals surface area (Å²) in [5.74, 6) is -0.635. The monoisotopic (exact) mass is 266 g/mol. The number of methoxy groups -OCH3 is 1. The lowest BCUT2D eigenvalue weighted by molar-refractivity contribution is -0.137. The molecule has 0 saturated heterocycles. The molecule has 19 heavy (non-hydrogen) atoms. The average Bonchev–Trinajstić information content (AvgIpc) is 2.36. The van der Waals surface area contributed by atoms with E-state index in [1.54, 1.807) is 25.1 Å². The molecule has 0 aliphatic carbocycles. The molecule has 1 rings (SSSR count). The van der Waals surface area contributed by atoms with E-state index in [9.17, 15) is 9.18 Å². The Hall–Kier alpha value is -1.84. The van der Waals surface area contributed by atoms with Crippen LogP contribution >= 0.6 is 0 Å². The normalized spacial score (nSPS) is 11.6. The topological polar surface area (TPSA) is 35.5 Å². The van der Waals surface area contributed by atoms with Gasteiger partial charge in [0, 0.05) is 17.1 Å². The van der Waals surface area contributed by atoms with Gasteiger partial charge in [-0.2, -0.15) is 0 Å². The van der Waals surface area contributed by atoms with Gasteiger partial charge in [0.25, 0.3) is 0 Å². The molecular weight excluding hydrogens is 247 g/mol. The maximum Gasteiger partial charge on any atom is 0.330 e. The molecule has 0 spiro atoms. The van der Waals surface area contributed by atoms with Crippen LogP contribution in [0.3, 0.4) is 0 Å². The van der Waals surface area contributed by atoms with Crippen LogP contribution in [-0.4, -0.2) is 19.7 Å². The maximum atomic E-state index is 13.7. The Morgan fingerprint density at radius 2 is 2.11 bits per heavy atom. The van der Waals surface area contributed by atoms with E-state index in [1.165, 1.54) is 19.3 Å². The van der Waals surface area contributed by atoms with Gasteiger partial charge < -0.3 is 9.47 Å². The summed E-state index contributed by atoms with van der Waals surface area (Å²) in [6.45, 7) is 5.82. The summed E-state index contributed by atoms with van der Waals surface area (Å²) in [5.41, 5.74) is 0.135. The Kier molecular flexibility index (Phi) is 5.10. The fourth-order valence-corrected chi connectivity index (χ4v) is 1.78. The zero-order chi connectivity index (χ0) is 14.5. The molecule has 0 amide bonds. The number of benzene rings is 1. The van der Waals surface area contributed by atoms with Gasteiger partial charge in [0.05, 0.1) is 13.7 Å². The molecule has 0 heterocycles. The Balaban J connectivity index is 3.06. The van der Waals surface area contributed by atoms with E-state index in [-0.39, 0.29) is 5.75 Å². The van der Waals surface area contributed by atoms with Crippen LogP contribution in [0.1, 0.15) is 26.3 Å². The van der Waals surface area contributed by atoms with Gasteiger partial charge in [0.15, 0.2) is 11.6 Å². The summed E-state index contributed by atoms with van der Waals surface area (Å²) in [6.07, 6.45) is 3.04. The molecule has 1 aromatic carbocycles. The summed E-state index contributed by atoms with van der Waals surface area (Å²) in [7, 11) is 1.42. The van der Waals surface area contributed by atoms with Gasteiger partial charge in [-0.3, -0.25) is 0 Å². The molecule has 0 unspecified atom stereocenters. The van der Waals surface area contributed by atoms with Crippen molar-refractivity contribution in [1.82, 2.24) is 0 Å². The van der Waals surface area contributed by atoms with Crippen molar-refractivity contribution >= 4 is 5.97 Å². The number of ether oxygens (including phenoxy) is 2.